The second-order valence-corrected chi connectivity index (χ2v) is 3.93. The first kappa shape index (κ1) is 14.1. The molecule has 4 heteroatoms. The van der Waals surface area contributed by atoms with Crippen LogP contribution in [0, 0.1) is 0 Å². The highest BCUT2D eigenvalue weighted by Gasteiger charge is 2.06. The van der Waals surface area contributed by atoms with Crippen LogP contribution < -0.4 is 10.6 Å². The van der Waals surface area contributed by atoms with Crippen molar-refractivity contribution >= 4 is 23.2 Å². The van der Waals surface area contributed by atoms with E-state index in [4.69, 9.17) is 12.2 Å². The van der Waals surface area contributed by atoms with E-state index in [2.05, 4.69) is 10.6 Å². The van der Waals surface area contributed by atoms with E-state index in [1.54, 1.807) is 12.1 Å². The lowest BCUT2D eigenvalue weighted by atomic mass is 10.2. The van der Waals surface area contributed by atoms with Gasteiger partial charge in [-0.2, -0.15) is 0 Å². The Kier molecular flexibility index (Phi) is 5.80. The van der Waals surface area contributed by atoms with Gasteiger partial charge in [-0.05, 0) is 44.3 Å². The van der Waals surface area contributed by atoms with Crippen LogP contribution in [0.25, 0.3) is 0 Å². The number of hydrogen-bond acceptors (Lipinski definition) is 2. The third-order valence-corrected chi connectivity index (χ3v) is 2.38. The number of thiocarbonyl (C=S) groups is 1. The molecule has 0 heterocycles. The Labute approximate surface area is 113 Å². The van der Waals surface area contributed by atoms with Gasteiger partial charge in [0.25, 0.3) is 5.91 Å². The van der Waals surface area contributed by atoms with Gasteiger partial charge in [-0.15, -0.1) is 0 Å². The lowest BCUT2D eigenvalue weighted by Gasteiger charge is -2.09. The van der Waals surface area contributed by atoms with Crippen molar-refractivity contribution in [2.45, 2.75) is 13.8 Å². The molecule has 0 saturated heterocycles. The third kappa shape index (κ3) is 4.51. The van der Waals surface area contributed by atoms with E-state index < -0.39 is 0 Å². The molecule has 3 nitrogen and oxygen atoms in total. The molecule has 1 amide bonds. The molecule has 0 aliphatic carbocycles. The Balaban J connectivity index is 2.58. The highest BCUT2D eigenvalue weighted by molar-refractivity contribution is 7.80. The van der Waals surface area contributed by atoms with Crippen molar-refractivity contribution in [3.05, 3.63) is 59.8 Å². The van der Waals surface area contributed by atoms with Crippen LogP contribution in [0.2, 0.25) is 0 Å². The minimum absolute atomic E-state index is 0.218. The van der Waals surface area contributed by atoms with Crippen molar-refractivity contribution in [2.24, 2.45) is 0 Å². The first-order valence-corrected chi connectivity index (χ1v) is 6.04. The van der Waals surface area contributed by atoms with Crippen LogP contribution >= 0.6 is 12.2 Å². The number of hydrogen-bond donors (Lipinski definition) is 2. The minimum atomic E-state index is -0.218. The maximum absolute atomic E-state index is 11.8. The van der Waals surface area contributed by atoms with Crippen molar-refractivity contribution in [1.29, 1.82) is 0 Å². The Morgan fingerprint density at radius 3 is 2.39 bits per heavy atom. The predicted octanol–water partition coefficient (Wildman–Crippen LogP) is 2.77. The molecular weight excluding hydrogens is 244 g/mol. The number of carbonyl (C=O) groups excluding carboxylic acids is 1. The summed E-state index contributed by atoms with van der Waals surface area (Å²) in [4.78, 5) is 11.8. The Hall–Kier alpha value is -1.94. The monoisotopic (exact) mass is 260 g/mol. The van der Waals surface area contributed by atoms with Crippen LogP contribution in [-0.2, 0) is 0 Å². The van der Waals surface area contributed by atoms with Gasteiger partial charge in [0.1, 0.15) is 0 Å². The number of amides is 1. The van der Waals surface area contributed by atoms with Gasteiger partial charge in [0, 0.05) is 11.3 Å². The first-order chi connectivity index (χ1) is 8.67. The molecule has 2 N–H and O–H groups in total. The second-order valence-electron chi connectivity index (χ2n) is 3.52. The quantitative estimate of drug-likeness (QED) is 0.648. The average Bonchev–Trinajstić information content (AvgIpc) is 2.39. The molecule has 1 rings (SSSR count). The number of allylic oxidation sites excluding steroid dienone is 3. The molecule has 0 fully saturated rings. The molecule has 1 aromatic carbocycles. The van der Waals surface area contributed by atoms with Crippen molar-refractivity contribution in [3.8, 4) is 0 Å². The minimum Gasteiger partial charge on any atom is -0.333 e. The molecule has 18 heavy (non-hydrogen) atoms. The van der Waals surface area contributed by atoms with E-state index in [0.29, 0.717) is 5.56 Å². The summed E-state index contributed by atoms with van der Waals surface area (Å²) in [6.07, 6.45) is 5.64. The van der Waals surface area contributed by atoms with Crippen LogP contribution in [0.3, 0.4) is 0 Å². The van der Waals surface area contributed by atoms with Crippen molar-refractivity contribution in [2.75, 3.05) is 0 Å². The summed E-state index contributed by atoms with van der Waals surface area (Å²) in [5.74, 6) is -0.218. The number of benzene rings is 1. The zero-order valence-corrected chi connectivity index (χ0v) is 11.3. The van der Waals surface area contributed by atoms with Gasteiger partial charge in [-0.25, -0.2) is 0 Å². The summed E-state index contributed by atoms with van der Waals surface area (Å²) in [6, 6.07) is 8.95. The molecule has 0 aliphatic heterocycles. The SMILES string of the molecule is C/C=C\C(=C/C)NC(=S)NC(=O)c1ccccc1. The topological polar surface area (TPSA) is 41.1 Å². The number of rotatable bonds is 3. The van der Waals surface area contributed by atoms with Crippen LogP contribution in [0.4, 0.5) is 0 Å². The molecule has 0 atom stereocenters. The lowest BCUT2D eigenvalue weighted by molar-refractivity contribution is 0.0977. The fourth-order valence-electron chi connectivity index (χ4n) is 1.32. The summed E-state index contributed by atoms with van der Waals surface area (Å²) >= 11 is 5.07. The van der Waals surface area contributed by atoms with Crippen LogP contribution in [-0.4, -0.2) is 11.0 Å². The largest absolute Gasteiger partial charge is 0.333 e. The molecule has 1 aromatic rings. The average molecular weight is 260 g/mol. The van der Waals surface area contributed by atoms with Gasteiger partial charge in [-0.1, -0.05) is 30.4 Å². The van der Waals surface area contributed by atoms with Crippen LogP contribution in [0.5, 0.6) is 0 Å². The molecule has 0 saturated carbocycles. The fourth-order valence-corrected chi connectivity index (χ4v) is 1.53. The van der Waals surface area contributed by atoms with E-state index in [0.717, 1.165) is 5.70 Å². The summed E-state index contributed by atoms with van der Waals surface area (Å²) in [6.45, 7) is 3.81. The highest BCUT2D eigenvalue weighted by atomic mass is 32.1. The fraction of sp³-hybridized carbons (Fsp3) is 0.143. The molecule has 0 unspecified atom stereocenters. The maximum Gasteiger partial charge on any atom is 0.257 e. The second kappa shape index (κ2) is 7.40. The first-order valence-electron chi connectivity index (χ1n) is 5.63. The summed E-state index contributed by atoms with van der Waals surface area (Å²) < 4.78 is 0. The van der Waals surface area contributed by atoms with E-state index in [1.807, 2.05) is 50.3 Å². The summed E-state index contributed by atoms with van der Waals surface area (Å²) in [5, 5.41) is 5.86. The number of nitrogens with one attached hydrogen (secondary N) is 2. The van der Waals surface area contributed by atoms with Gasteiger partial charge >= 0.3 is 0 Å². The van der Waals surface area contributed by atoms with Crippen molar-refractivity contribution in [3.63, 3.8) is 0 Å². The molecular formula is C14H16N2OS. The zero-order valence-electron chi connectivity index (χ0n) is 10.4. The van der Waals surface area contributed by atoms with Crippen LogP contribution in [0.1, 0.15) is 24.2 Å². The molecule has 94 valence electrons. The van der Waals surface area contributed by atoms with Crippen molar-refractivity contribution in [1.82, 2.24) is 10.6 Å². The molecule has 0 aliphatic rings. The van der Waals surface area contributed by atoms with Gasteiger partial charge in [0.2, 0.25) is 0 Å². The maximum atomic E-state index is 11.8. The van der Waals surface area contributed by atoms with E-state index >= 15 is 0 Å². The molecule has 0 spiro atoms. The summed E-state index contributed by atoms with van der Waals surface area (Å²) in [7, 11) is 0. The van der Waals surface area contributed by atoms with Gasteiger partial charge in [0.05, 0.1) is 0 Å². The normalized spacial score (nSPS) is 11.3. The predicted molar refractivity (Wildman–Crippen MR) is 78.2 cm³/mol. The number of carbonyl (C=O) groups is 1. The third-order valence-electron chi connectivity index (χ3n) is 2.18. The van der Waals surface area contributed by atoms with E-state index in [-0.39, 0.29) is 11.0 Å². The van der Waals surface area contributed by atoms with Gasteiger partial charge in [0.15, 0.2) is 5.11 Å². The van der Waals surface area contributed by atoms with E-state index in [1.165, 1.54) is 0 Å². The van der Waals surface area contributed by atoms with Gasteiger partial charge in [-0.3, -0.25) is 10.1 Å². The Bertz CT molecular complexity index is 478. The highest BCUT2D eigenvalue weighted by Crippen LogP contribution is 1.98. The summed E-state index contributed by atoms with van der Waals surface area (Å²) in [5.41, 5.74) is 1.42. The van der Waals surface area contributed by atoms with E-state index in [9.17, 15) is 4.79 Å². The van der Waals surface area contributed by atoms with Gasteiger partial charge < -0.3 is 5.32 Å². The molecule has 0 aromatic heterocycles. The molecule has 0 radical (unpaired) electrons. The standard InChI is InChI=1S/C14H16N2OS/c1-3-8-12(4-2)15-14(18)16-13(17)11-9-6-5-7-10-11/h3-10H,1-2H3,(H2,15,16,17,18)/b8-3-,12-4+. The zero-order chi connectivity index (χ0) is 13.4. The van der Waals surface area contributed by atoms with Crippen LogP contribution in [0.15, 0.2) is 54.3 Å². The molecule has 0 bridgehead atoms. The van der Waals surface area contributed by atoms with Crippen molar-refractivity contribution < 1.29 is 4.79 Å². The Morgan fingerprint density at radius 1 is 1.17 bits per heavy atom. The lowest BCUT2D eigenvalue weighted by Crippen LogP contribution is -2.38. The smallest absolute Gasteiger partial charge is 0.257 e. The Morgan fingerprint density at radius 2 is 1.83 bits per heavy atom.